The lowest BCUT2D eigenvalue weighted by molar-refractivity contribution is -0.141. The van der Waals surface area contributed by atoms with E-state index in [0.717, 1.165) is 6.07 Å². The number of carboxylic acids is 1. The number of ether oxygens (including phenoxy) is 1. The number of aliphatic carboxylic acids is 1. The Bertz CT molecular complexity index is 477. The Balaban J connectivity index is 2.02. The molecular formula is C12H13FN2O4. The van der Waals surface area contributed by atoms with Crippen molar-refractivity contribution >= 4 is 11.9 Å². The largest absolute Gasteiger partial charge is 0.481 e. The number of amides is 1. The fourth-order valence-electron chi connectivity index (χ4n) is 1.91. The molecule has 19 heavy (non-hydrogen) atoms. The van der Waals surface area contributed by atoms with Gasteiger partial charge in [-0.1, -0.05) is 0 Å². The van der Waals surface area contributed by atoms with E-state index in [1.165, 1.54) is 17.2 Å². The molecule has 1 atom stereocenters. The summed E-state index contributed by atoms with van der Waals surface area (Å²) in [5, 5.41) is 8.70. The smallest absolute Gasteiger partial charge is 0.306 e. The lowest BCUT2D eigenvalue weighted by Gasteiger charge is -2.32. The molecular weight excluding hydrogens is 255 g/mol. The van der Waals surface area contributed by atoms with Crippen molar-refractivity contribution in [3.63, 3.8) is 0 Å². The molecule has 0 bridgehead atoms. The monoisotopic (exact) mass is 268 g/mol. The highest BCUT2D eigenvalue weighted by atomic mass is 19.1. The number of hydrogen-bond donors (Lipinski definition) is 1. The third-order valence-electron chi connectivity index (χ3n) is 2.80. The minimum atomic E-state index is -0.970. The summed E-state index contributed by atoms with van der Waals surface area (Å²) in [5.74, 6) is -1.92. The zero-order valence-corrected chi connectivity index (χ0v) is 10.1. The van der Waals surface area contributed by atoms with Crippen LogP contribution in [0.3, 0.4) is 0 Å². The Labute approximate surface area is 108 Å². The van der Waals surface area contributed by atoms with Gasteiger partial charge in [0.05, 0.1) is 24.7 Å². The van der Waals surface area contributed by atoms with Gasteiger partial charge in [0.15, 0.2) is 0 Å². The Morgan fingerprint density at radius 3 is 2.95 bits per heavy atom. The van der Waals surface area contributed by atoms with Crippen molar-refractivity contribution in [1.82, 2.24) is 9.88 Å². The normalized spacial score (nSPS) is 19.2. The van der Waals surface area contributed by atoms with Crippen LogP contribution in [-0.2, 0) is 9.53 Å². The Morgan fingerprint density at radius 1 is 1.53 bits per heavy atom. The zero-order chi connectivity index (χ0) is 13.8. The summed E-state index contributed by atoms with van der Waals surface area (Å²) in [5.41, 5.74) is 0.275. The molecule has 2 heterocycles. The highest BCUT2D eigenvalue weighted by Crippen LogP contribution is 2.12. The number of rotatable bonds is 3. The van der Waals surface area contributed by atoms with Gasteiger partial charge in [-0.3, -0.25) is 9.59 Å². The average molecular weight is 268 g/mol. The molecule has 0 radical (unpaired) electrons. The molecule has 1 saturated heterocycles. The molecule has 7 heteroatoms. The van der Waals surface area contributed by atoms with Gasteiger partial charge in [0.25, 0.3) is 5.91 Å². The topological polar surface area (TPSA) is 79.7 Å². The van der Waals surface area contributed by atoms with Crippen molar-refractivity contribution < 1.29 is 23.8 Å². The van der Waals surface area contributed by atoms with E-state index in [2.05, 4.69) is 4.98 Å². The van der Waals surface area contributed by atoms with Gasteiger partial charge >= 0.3 is 5.97 Å². The average Bonchev–Trinajstić information content (AvgIpc) is 2.38. The highest BCUT2D eigenvalue weighted by molar-refractivity contribution is 5.94. The number of carbonyl (C=O) groups is 2. The Morgan fingerprint density at radius 2 is 2.32 bits per heavy atom. The number of halogens is 1. The number of nitrogens with zero attached hydrogens (tertiary/aromatic N) is 2. The number of aromatic nitrogens is 1. The van der Waals surface area contributed by atoms with Crippen LogP contribution in [0.15, 0.2) is 18.3 Å². The summed E-state index contributed by atoms with van der Waals surface area (Å²) in [4.78, 5) is 27.6. The predicted molar refractivity (Wildman–Crippen MR) is 62.1 cm³/mol. The number of morpholine rings is 1. The van der Waals surface area contributed by atoms with E-state index in [1.807, 2.05) is 0 Å². The number of hydrogen-bond acceptors (Lipinski definition) is 4. The van der Waals surface area contributed by atoms with Crippen LogP contribution >= 0.6 is 0 Å². The summed E-state index contributed by atoms with van der Waals surface area (Å²) in [7, 11) is 0. The van der Waals surface area contributed by atoms with Crippen LogP contribution in [0.4, 0.5) is 4.39 Å². The van der Waals surface area contributed by atoms with Gasteiger partial charge in [0.1, 0.15) is 0 Å². The van der Waals surface area contributed by atoms with Gasteiger partial charge < -0.3 is 14.7 Å². The molecule has 0 aromatic carbocycles. The molecule has 1 aliphatic rings. The molecule has 0 spiro atoms. The molecule has 2 rings (SSSR count). The van der Waals surface area contributed by atoms with Gasteiger partial charge in [-0.05, 0) is 12.1 Å². The van der Waals surface area contributed by atoms with Crippen molar-refractivity contribution in [3.05, 3.63) is 29.8 Å². The van der Waals surface area contributed by atoms with E-state index in [1.54, 1.807) is 0 Å². The van der Waals surface area contributed by atoms with Crippen LogP contribution < -0.4 is 0 Å². The van der Waals surface area contributed by atoms with Crippen LogP contribution in [0.2, 0.25) is 0 Å². The molecule has 0 saturated carbocycles. The minimum absolute atomic E-state index is 0.147. The first-order chi connectivity index (χ1) is 9.06. The molecule has 1 N–H and O–H groups in total. The van der Waals surface area contributed by atoms with Crippen LogP contribution in [0.5, 0.6) is 0 Å². The lowest BCUT2D eigenvalue weighted by Crippen LogP contribution is -2.46. The fraction of sp³-hybridized carbons (Fsp3) is 0.417. The lowest BCUT2D eigenvalue weighted by atomic mass is 10.1. The van der Waals surface area contributed by atoms with Gasteiger partial charge in [0.2, 0.25) is 5.95 Å². The van der Waals surface area contributed by atoms with Crippen LogP contribution in [-0.4, -0.2) is 52.7 Å². The molecule has 1 aliphatic heterocycles. The first-order valence-corrected chi connectivity index (χ1v) is 5.80. The second-order valence-corrected chi connectivity index (χ2v) is 4.21. The SMILES string of the molecule is O=C(O)CC1CN(C(=O)c2ccc(F)nc2)CCO1. The van der Waals surface area contributed by atoms with Crippen molar-refractivity contribution in [2.45, 2.75) is 12.5 Å². The zero-order valence-electron chi connectivity index (χ0n) is 10.1. The second kappa shape index (κ2) is 5.75. The van der Waals surface area contributed by atoms with Crippen LogP contribution in [0.25, 0.3) is 0 Å². The number of pyridine rings is 1. The van der Waals surface area contributed by atoms with Crippen molar-refractivity contribution in [1.29, 1.82) is 0 Å². The predicted octanol–water partition coefficient (Wildman–Crippen LogP) is 0.536. The fourth-order valence-corrected chi connectivity index (χ4v) is 1.91. The third kappa shape index (κ3) is 3.47. The molecule has 102 valence electrons. The highest BCUT2D eigenvalue weighted by Gasteiger charge is 2.26. The van der Waals surface area contributed by atoms with Gasteiger partial charge in [0, 0.05) is 19.3 Å². The van der Waals surface area contributed by atoms with Gasteiger partial charge in [-0.2, -0.15) is 4.39 Å². The molecule has 1 unspecified atom stereocenters. The second-order valence-electron chi connectivity index (χ2n) is 4.21. The van der Waals surface area contributed by atoms with Gasteiger partial charge in [-0.25, -0.2) is 4.98 Å². The van der Waals surface area contributed by atoms with E-state index >= 15 is 0 Å². The third-order valence-corrected chi connectivity index (χ3v) is 2.80. The summed E-state index contributed by atoms with van der Waals surface area (Å²) in [6.07, 6.45) is 0.508. The van der Waals surface area contributed by atoms with Gasteiger partial charge in [-0.15, -0.1) is 0 Å². The maximum absolute atomic E-state index is 12.7. The summed E-state index contributed by atoms with van der Waals surface area (Å²) in [6, 6.07) is 2.47. The Hall–Kier alpha value is -2.02. The van der Waals surface area contributed by atoms with Crippen molar-refractivity contribution in [2.24, 2.45) is 0 Å². The molecule has 0 aliphatic carbocycles. The van der Waals surface area contributed by atoms with E-state index in [0.29, 0.717) is 6.54 Å². The van der Waals surface area contributed by atoms with Crippen molar-refractivity contribution in [2.75, 3.05) is 19.7 Å². The maximum atomic E-state index is 12.7. The summed E-state index contributed by atoms with van der Waals surface area (Å²) >= 11 is 0. The first kappa shape index (κ1) is 13.4. The molecule has 1 fully saturated rings. The van der Waals surface area contributed by atoms with Crippen LogP contribution in [0, 0.1) is 5.95 Å². The van der Waals surface area contributed by atoms with Crippen LogP contribution in [0.1, 0.15) is 16.8 Å². The molecule has 1 aromatic heterocycles. The van der Waals surface area contributed by atoms with Crippen molar-refractivity contribution in [3.8, 4) is 0 Å². The summed E-state index contributed by atoms with van der Waals surface area (Å²) < 4.78 is 18.0. The Kier molecular flexibility index (Phi) is 4.06. The standard InChI is InChI=1S/C12H13FN2O4/c13-10-2-1-8(6-14-10)12(18)15-3-4-19-9(7-15)5-11(16)17/h1-2,6,9H,3-5,7H2,(H,16,17). The van der Waals surface area contributed by atoms with E-state index in [9.17, 15) is 14.0 Å². The number of carbonyl (C=O) groups excluding carboxylic acids is 1. The van der Waals surface area contributed by atoms with E-state index in [4.69, 9.17) is 9.84 Å². The minimum Gasteiger partial charge on any atom is -0.481 e. The molecule has 1 amide bonds. The quantitative estimate of drug-likeness (QED) is 0.809. The first-order valence-electron chi connectivity index (χ1n) is 5.80. The molecule has 1 aromatic rings. The summed E-state index contributed by atoms with van der Waals surface area (Å²) in [6.45, 7) is 0.882. The van der Waals surface area contributed by atoms with E-state index in [-0.39, 0.29) is 31.0 Å². The molecule has 6 nitrogen and oxygen atoms in total. The maximum Gasteiger partial charge on any atom is 0.306 e. The van der Waals surface area contributed by atoms with E-state index < -0.39 is 18.0 Å². The number of carboxylic acid groups (broad SMARTS) is 1.